The van der Waals surface area contributed by atoms with E-state index in [0.717, 1.165) is 5.56 Å². The molecular formula is C14H18O4. The molecule has 0 aliphatic carbocycles. The monoisotopic (exact) mass is 250 g/mol. The normalized spacial score (nSPS) is 15.5. The molecule has 18 heavy (non-hydrogen) atoms. The summed E-state index contributed by atoms with van der Waals surface area (Å²) in [5.74, 6) is -0.291. The molecule has 0 atom stereocenters. The molecule has 4 nitrogen and oxygen atoms in total. The number of ether oxygens (including phenoxy) is 1. The van der Waals surface area contributed by atoms with Crippen LogP contribution in [-0.4, -0.2) is 18.9 Å². The maximum atomic E-state index is 12.0. The molecule has 0 spiro atoms. The van der Waals surface area contributed by atoms with Crippen LogP contribution < -0.4 is 0 Å². The van der Waals surface area contributed by atoms with Gasteiger partial charge >= 0.3 is 5.97 Å². The van der Waals surface area contributed by atoms with Crippen molar-refractivity contribution in [2.24, 2.45) is 5.41 Å². The smallest absolute Gasteiger partial charge is 0.338 e. The topological polar surface area (TPSA) is 51.4 Å². The standard InChI is InChI=1S/C14H18O4/c1-14(2,3)9-16-13(15)11-7-5-4-6-10(11)8-12-17-18-12/h4-7,12H,8-9H2,1-3H3. The second-order valence-corrected chi connectivity index (χ2v) is 5.62. The molecule has 0 aromatic heterocycles. The number of benzene rings is 1. The van der Waals surface area contributed by atoms with Crippen molar-refractivity contribution in [3.8, 4) is 0 Å². The highest BCUT2D eigenvalue weighted by molar-refractivity contribution is 5.91. The lowest BCUT2D eigenvalue weighted by molar-refractivity contribution is 0.0365. The zero-order chi connectivity index (χ0) is 13.2. The van der Waals surface area contributed by atoms with Crippen molar-refractivity contribution < 1.29 is 19.3 Å². The van der Waals surface area contributed by atoms with Crippen LogP contribution in [0, 0.1) is 5.41 Å². The van der Waals surface area contributed by atoms with E-state index < -0.39 is 0 Å². The Kier molecular flexibility index (Phi) is 3.68. The maximum absolute atomic E-state index is 12.0. The van der Waals surface area contributed by atoms with Crippen molar-refractivity contribution in [3.05, 3.63) is 35.4 Å². The highest BCUT2D eigenvalue weighted by Gasteiger charge is 2.28. The highest BCUT2D eigenvalue weighted by atomic mass is 17.4. The first-order valence-electron chi connectivity index (χ1n) is 6.03. The Hall–Kier alpha value is -1.39. The fourth-order valence-electron chi connectivity index (χ4n) is 1.54. The zero-order valence-electron chi connectivity index (χ0n) is 10.9. The number of hydrogen-bond donors (Lipinski definition) is 0. The van der Waals surface area contributed by atoms with Crippen molar-refractivity contribution in [2.75, 3.05) is 6.61 Å². The fourth-order valence-corrected chi connectivity index (χ4v) is 1.54. The molecule has 1 saturated heterocycles. The second-order valence-electron chi connectivity index (χ2n) is 5.62. The van der Waals surface area contributed by atoms with Crippen LogP contribution in [0.2, 0.25) is 0 Å². The van der Waals surface area contributed by atoms with Gasteiger partial charge in [-0.15, -0.1) is 0 Å². The third-order valence-electron chi connectivity index (χ3n) is 2.49. The molecule has 0 bridgehead atoms. The Morgan fingerprint density at radius 1 is 1.28 bits per heavy atom. The zero-order valence-corrected chi connectivity index (χ0v) is 10.9. The minimum atomic E-state index is -0.291. The summed E-state index contributed by atoms with van der Waals surface area (Å²) in [4.78, 5) is 21.4. The van der Waals surface area contributed by atoms with Crippen LogP contribution in [0.5, 0.6) is 0 Å². The summed E-state index contributed by atoms with van der Waals surface area (Å²) in [6, 6.07) is 7.37. The van der Waals surface area contributed by atoms with Gasteiger partial charge in [0.25, 0.3) is 0 Å². The molecule has 1 heterocycles. The van der Waals surface area contributed by atoms with Gasteiger partial charge in [-0.1, -0.05) is 39.0 Å². The lowest BCUT2D eigenvalue weighted by atomic mass is 9.98. The molecular weight excluding hydrogens is 232 g/mol. The van der Waals surface area contributed by atoms with Crippen LogP contribution in [0.25, 0.3) is 0 Å². The fraction of sp³-hybridized carbons (Fsp3) is 0.500. The molecule has 1 aliphatic rings. The summed E-state index contributed by atoms with van der Waals surface area (Å²) in [5, 5.41) is 0. The Balaban J connectivity index is 2.04. The van der Waals surface area contributed by atoms with E-state index in [2.05, 4.69) is 0 Å². The van der Waals surface area contributed by atoms with Gasteiger partial charge < -0.3 is 4.74 Å². The van der Waals surface area contributed by atoms with E-state index in [9.17, 15) is 4.79 Å². The lowest BCUT2D eigenvalue weighted by Gasteiger charge is -2.18. The third-order valence-corrected chi connectivity index (χ3v) is 2.49. The molecule has 0 radical (unpaired) electrons. The van der Waals surface area contributed by atoms with Gasteiger partial charge in [0.1, 0.15) is 0 Å². The summed E-state index contributed by atoms with van der Waals surface area (Å²) in [7, 11) is 0. The Morgan fingerprint density at radius 2 is 1.94 bits per heavy atom. The van der Waals surface area contributed by atoms with E-state index in [1.54, 1.807) is 6.07 Å². The number of rotatable bonds is 4. The van der Waals surface area contributed by atoms with Gasteiger partial charge in [-0.05, 0) is 17.0 Å². The first-order valence-corrected chi connectivity index (χ1v) is 6.03. The van der Waals surface area contributed by atoms with Crippen LogP contribution in [0.1, 0.15) is 36.7 Å². The van der Waals surface area contributed by atoms with E-state index >= 15 is 0 Å². The van der Waals surface area contributed by atoms with Crippen LogP contribution >= 0.6 is 0 Å². The summed E-state index contributed by atoms with van der Waals surface area (Å²) in [6.45, 7) is 6.48. The lowest BCUT2D eigenvalue weighted by Crippen LogP contribution is -2.19. The molecule has 1 aromatic carbocycles. The molecule has 0 saturated carbocycles. The predicted molar refractivity (Wildman–Crippen MR) is 65.8 cm³/mol. The van der Waals surface area contributed by atoms with E-state index in [1.165, 1.54) is 0 Å². The minimum Gasteiger partial charge on any atom is -0.462 e. The van der Waals surface area contributed by atoms with Crippen LogP contribution in [0.4, 0.5) is 0 Å². The van der Waals surface area contributed by atoms with Crippen molar-refractivity contribution in [2.45, 2.75) is 33.5 Å². The molecule has 98 valence electrons. The summed E-state index contributed by atoms with van der Waals surface area (Å²) in [6.07, 6.45) is 0.349. The Labute approximate surface area is 107 Å². The largest absolute Gasteiger partial charge is 0.462 e. The van der Waals surface area contributed by atoms with Crippen molar-refractivity contribution in [1.82, 2.24) is 0 Å². The molecule has 2 rings (SSSR count). The number of hydrogen-bond acceptors (Lipinski definition) is 4. The number of carbonyl (C=O) groups is 1. The average molecular weight is 250 g/mol. The number of esters is 1. The predicted octanol–water partition coefficient (Wildman–Crippen LogP) is 2.72. The molecule has 0 unspecified atom stereocenters. The van der Waals surface area contributed by atoms with Crippen LogP contribution in [-0.2, 0) is 20.9 Å². The average Bonchev–Trinajstić information content (AvgIpc) is 3.10. The Morgan fingerprint density at radius 3 is 2.56 bits per heavy atom. The highest BCUT2D eigenvalue weighted by Crippen LogP contribution is 2.22. The van der Waals surface area contributed by atoms with Gasteiger partial charge in [-0.25, -0.2) is 4.79 Å². The first kappa shape index (κ1) is 13.1. The molecule has 1 aromatic rings. The molecule has 0 N–H and O–H groups in total. The SMILES string of the molecule is CC(C)(C)COC(=O)c1ccccc1CC1OO1. The van der Waals surface area contributed by atoms with Gasteiger partial charge in [-0.3, -0.25) is 0 Å². The summed E-state index contributed by atoms with van der Waals surface area (Å²) < 4.78 is 5.31. The van der Waals surface area contributed by atoms with Gasteiger partial charge in [0.15, 0.2) is 0 Å². The third kappa shape index (κ3) is 3.82. The molecule has 0 amide bonds. The molecule has 4 heteroatoms. The second kappa shape index (κ2) is 5.08. The van der Waals surface area contributed by atoms with Gasteiger partial charge in [-0.2, -0.15) is 9.78 Å². The van der Waals surface area contributed by atoms with Gasteiger partial charge in [0.05, 0.1) is 12.2 Å². The van der Waals surface area contributed by atoms with Crippen LogP contribution in [0.3, 0.4) is 0 Å². The van der Waals surface area contributed by atoms with E-state index in [-0.39, 0.29) is 17.7 Å². The minimum absolute atomic E-state index is 0.0344. The number of carbonyl (C=O) groups excluding carboxylic acids is 1. The molecule has 1 fully saturated rings. The van der Waals surface area contributed by atoms with Gasteiger partial charge in [0, 0.05) is 6.42 Å². The van der Waals surface area contributed by atoms with E-state index in [0.29, 0.717) is 18.6 Å². The quantitative estimate of drug-likeness (QED) is 0.468. The maximum Gasteiger partial charge on any atom is 0.338 e. The summed E-state index contributed by atoms with van der Waals surface area (Å²) in [5.41, 5.74) is 1.44. The molecule has 1 aliphatic heterocycles. The van der Waals surface area contributed by atoms with Gasteiger partial charge in [0.2, 0.25) is 6.29 Å². The van der Waals surface area contributed by atoms with Crippen molar-refractivity contribution in [3.63, 3.8) is 0 Å². The first-order chi connectivity index (χ1) is 8.46. The van der Waals surface area contributed by atoms with Crippen molar-refractivity contribution >= 4 is 5.97 Å². The van der Waals surface area contributed by atoms with Crippen molar-refractivity contribution in [1.29, 1.82) is 0 Å². The Bertz CT molecular complexity index is 430. The van der Waals surface area contributed by atoms with Crippen LogP contribution in [0.15, 0.2) is 24.3 Å². The van der Waals surface area contributed by atoms with E-state index in [1.807, 2.05) is 39.0 Å². The van der Waals surface area contributed by atoms with E-state index in [4.69, 9.17) is 14.5 Å². The summed E-state index contributed by atoms with van der Waals surface area (Å²) >= 11 is 0.